The van der Waals surface area contributed by atoms with Gasteiger partial charge in [0.1, 0.15) is 10.7 Å². The van der Waals surface area contributed by atoms with Crippen LogP contribution in [-0.2, 0) is 13.0 Å². The molecular weight excluding hydrogens is 256 g/mol. The lowest BCUT2D eigenvalue weighted by Gasteiger charge is -1.99. The highest BCUT2D eigenvalue weighted by Crippen LogP contribution is 2.15. The number of carbonyl (C=O) groups is 1. The molecule has 0 saturated carbocycles. The number of Topliss-reactive ketones (excluding diaryl/α,β-unsaturated/α-hetero) is 1. The quantitative estimate of drug-likeness (QED) is 0.866. The summed E-state index contributed by atoms with van der Waals surface area (Å²) in [6.07, 6.45) is 0.314. The monoisotopic (exact) mass is 266 g/mol. The zero-order valence-corrected chi connectivity index (χ0v) is 10.6. The Morgan fingerprint density at radius 2 is 2.29 bits per heavy atom. The third-order valence-corrected chi connectivity index (χ3v) is 3.37. The first-order valence-corrected chi connectivity index (χ1v) is 6.37. The third kappa shape index (κ3) is 3.12. The molecule has 88 valence electrons. The lowest BCUT2D eigenvalue weighted by molar-refractivity contribution is 0.0989. The molecule has 2 N–H and O–H groups in total. The Morgan fingerprint density at radius 1 is 1.47 bits per heavy atom. The van der Waals surface area contributed by atoms with Crippen LogP contribution in [0.5, 0.6) is 0 Å². The van der Waals surface area contributed by atoms with Gasteiger partial charge in [-0.3, -0.25) is 4.79 Å². The lowest BCUT2D eigenvalue weighted by Crippen LogP contribution is -2.05. The van der Waals surface area contributed by atoms with E-state index in [1.54, 1.807) is 17.5 Å². The molecule has 0 radical (unpaired) electrons. The molecule has 0 aliphatic carbocycles. The standard InChI is InChI=1S/C12H11ClN2OS/c13-9-3-1-2-8(4-9)5-11(16)10-7-17-12(6-14)15-10/h1-4,7H,5-6,14H2. The number of halogens is 1. The van der Waals surface area contributed by atoms with E-state index in [9.17, 15) is 4.79 Å². The molecule has 0 fully saturated rings. The van der Waals surface area contributed by atoms with E-state index in [1.807, 2.05) is 12.1 Å². The number of thiazole rings is 1. The number of carbonyl (C=O) groups excluding carboxylic acids is 1. The van der Waals surface area contributed by atoms with Crippen molar-refractivity contribution < 1.29 is 4.79 Å². The summed E-state index contributed by atoms with van der Waals surface area (Å²) in [4.78, 5) is 16.1. The maximum atomic E-state index is 11.9. The molecule has 3 nitrogen and oxygen atoms in total. The number of benzene rings is 1. The van der Waals surface area contributed by atoms with Gasteiger partial charge in [-0.1, -0.05) is 23.7 Å². The van der Waals surface area contributed by atoms with Crippen molar-refractivity contribution in [1.82, 2.24) is 4.98 Å². The molecule has 5 heteroatoms. The molecule has 0 amide bonds. The summed E-state index contributed by atoms with van der Waals surface area (Å²) in [6, 6.07) is 7.28. The van der Waals surface area contributed by atoms with Crippen LogP contribution in [0.2, 0.25) is 5.02 Å². The molecule has 1 aromatic heterocycles. The Labute approximate surface area is 108 Å². The molecule has 17 heavy (non-hydrogen) atoms. The van der Waals surface area contributed by atoms with Crippen LogP contribution in [-0.4, -0.2) is 10.8 Å². The minimum atomic E-state index is -0.0109. The predicted molar refractivity (Wildman–Crippen MR) is 69.5 cm³/mol. The fourth-order valence-corrected chi connectivity index (χ4v) is 2.35. The Kier molecular flexibility index (Phi) is 3.89. The molecule has 0 unspecified atom stereocenters. The molecule has 2 aromatic rings. The van der Waals surface area contributed by atoms with Gasteiger partial charge in [-0.05, 0) is 17.7 Å². The first kappa shape index (κ1) is 12.2. The van der Waals surface area contributed by atoms with E-state index in [0.717, 1.165) is 10.6 Å². The second kappa shape index (κ2) is 5.40. The van der Waals surface area contributed by atoms with Crippen LogP contribution in [0.3, 0.4) is 0 Å². The molecule has 1 aromatic carbocycles. The van der Waals surface area contributed by atoms with Gasteiger partial charge in [-0.15, -0.1) is 11.3 Å². The Hall–Kier alpha value is -1.23. The Balaban J connectivity index is 2.11. The highest BCUT2D eigenvalue weighted by Gasteiger charge is 2.11. The molecule has 0 aliphatic heterocycles. The Morgan fingerprint density at radius 3 is 2.94 bits per heavy atom. The SMILES string of the molecule is NCc1nc(C(=O)Cc2cccc(Cl)c2)cs1. The van der Waals surface area contributed by atoms with Crippen molar-refractivity contribution in [3.8, 4) is 0 Å². The summed E-state index contributed by atoms with van der Waals surface area (Å²) in [5, 5.41) is 3.16. The van der Waals surface area contributed by atoms with Crippen molar-refractivity contribution in [3.05, 3.63) is 50.9 Å². The number of ketones is 1. The molecule has 2 rings (SSSR count). The number of hydrogen-bond acceptors (Lipinski definition) is 4. The Bertz CT molecular complexity index is 539. The fraction of sp³-hybridized carbons (Fsp3) is 0.167. The van der Waals surface area contributed by atoms with E-state index in [2.05, 4.69) is 4.98 Å². The topological polar surface area (TPSA) is 56.0 Å². The van der Waals surface area contributed by atoms with Crippen LogP contribution in [0.1, 0.15) is 21.1 Å². The minimum Gasteiger partial charge on any atom is -0.325 e. The lowest BCUT2D eigenvalue weighted by atomic mass is 10.1. The maximum Gasteiger partial charge on any atom is 0.186 e. The largest absolute Gasteiger partial charge is 0.325 e. The second-order valence-electron chi connectivity index (χ2n) is 3.56. The maximum absolute atomic E-state index is 11.9. The number of rotatable bonds is 4. The second-order valence-corrected chi connectivity index (χ2v) is 4.94. The van der Waals surface area contributed by atoms with Crippen molar-refractivity contribution in [2.75, 3.05) is 0 Å². The van der Waals surface area contributed by atoms with E-state index in [1.165, 1.54) is 11.3 Å². The molecular formula is C12H11ClN2OS. The van der Waals surface area contributed by atoms with Crippen molar-refractivity contribution in [2.45, 2.75) is 13.0 Å². The fourth-order valence-electron chi connectivity index (χ4n) is 1.46. The molecule has 0 saturated heterocycles. The van der Waals surface area contributed by atoms with Crippen molar-refractivity contribution in [1.29, 1.82) is 0 Å². The first-order valence-electron chi connectivity index (χ1n) is 5.11. The van der Waals surface area contributed by atoms with Gasteiger partial charge in [0.25, 0.3) is 0 Å². The average molecular weight is 267 g/mol. The van der Waals surface area contributed by atoms with Crippen LogP contribution in [0.4, 0.5) is 0 Å². The van der Waals surface area contributed by atoms with E-state index in [0.29, 0.717) is 23.7 Å². The van der Waals surface area contributed by atoms with Crippen LogP contribution in [0.15, 0.2) is 29.6 Å². The normalized spacial score (nSPS) is 10.5. The molecule has 1 heterocycles. The smallest absolute Gasteiger partial charge is 0.186 e. The van der Waals surface area contributed by atoms with Crippen LogP contribution in [0, 0.1) is 0 Å². The van der Waals surface area contributed by atoms with Crippen molar-refractivity contribution >= 4 is 28.7 Å². The van der Waals surface area contributed by atoms with Gasteiger partial charge in [0.2, 0.25) is 0 Å². The van der Waals surface area contributed by atoms with E-state index < -0.39 is 0 Å². The molecule has 0 spiro atoms. The first-order chi connectivity index (χ1) is 8.19. The average Bonchev–Trinajstić information content (AvgIpc) is 2.77. The molecule has 0 bridgehead atoms. The number of nitrogens with zero attached hydrogens (tertiary/aromatic N) is 1. The highest BCUT2D eigenvalue weighted by atomic mass is 35.5. The van der Waals surface area contributed by atoms with Crippen LogP contribution >= 0.6 is 22.9 Å². The number of aromatic nitrogens is 1. The minimum absolute atomic E-state index is 0.0109. The van der Waals surface area contributed by atoms with Gasteiger partial charge < -0.3 is 5.73 Å². The summed E-state index contributed by atoms with van der Waals surface area (Å²) < 4.78 is 0. The zero-order chi connectivity index (χ0) is 12.3. The van der Waals surface area contributed by atoms with E-state index >= 15 is 0 Å². The van der Waals surface area contributed by atoms with Crippen molar-refractivity contribution in [3.63, 3.8) is 0 Å². The van der Waals surface area contributed by atoms with Crippen molar-refractivity contribution in [2.24, 2.45) is 5.73 Å². The van der Waals surface area contributed by atoms with Crippen LogP contribution in [0.25, 0.3) is 0 Å². The summed E-state index contributed by atoms with van der Waals surface area (Å²) >= 11 is 7.27. The summed E-state index contributed by atoms with van der Waals surface area (Å²) in [6.45, 7) is 0.370. The van der Waals surface area contributed by atoms with Gasteiger partial charge in [0.05, 0.1) is 0 Å². The summed E-state index contributed by atoms with van der Waals surface area (Å²) in [5.41, 5.74) is 6.83. The number of hydrogen-bond donors (Lipinski definition) is 1. The molecule has 0 aliphatic rings. The van der Waals surface area contributed by atoms with E-state index in [-0.39, 0.29) is 5.78 Å². The van der Waals surface area contributed by atoms with E-state index in [4.69, 9.17) is 17.3 Å². The predicted octanol–water partition coefficient (Wildman–Crippen LogP) is 2.68. The van der Waals surface area contributed by atoms with Gasteiger partial charge in [-0.25, -0.2) is 4.98 Å². The van der Waals surface area contributed by atoms with Gasteiger partial charge in [-0.2, -0.15) is 0 Å². The highest BCUT2D eigenvalue weighted by molar-refractivity contribution is 7.09. The van der Waals surface area contributed by atoms with Gasteiger partial charge >= 0.3 is 0 Å². The van der Waals surface area contributed by atoms with Gasteiger partial charge in [0.15, 0.2) is 5.78 Å². The summed E-state index contributed by atoms with van der Waals surface area (Å²) in [7, 11) is 0. The van der Waals surface area contributed by atoms with Crippen LogP contribution < -0.4 is 5.73 Å². The zero-order valence-electron chi connectivity index (χ0n) is 9.02. The molecule has 0 atom stereocenters. The van der Waals surface area contributed by atoms with Gasteiger partial charge in [0, 0.05) is 23.4 Å². The third-order valence-electron chi connectivity index (χ3n) is 2.27. The number of nitrogens with two attached hydrogens (primary N) is 1. The summed E-state index contributed by atoms with van der Waals surface area (Å²) in [5.74, 6) is -0.0109.